The molecule has 0 aromatic heterocycles. The Morgan fingerprint density at radius 3 is 2.43 bits per heavy atom. The van der Waals surface area contributed by atoms with Crippen molar-refractivity contribution in [2.45, 2.75) is 31.7 Å². The van der Waals surface area contributed by atoms with Gasteiger partial charge in [0.05, 0.1) is 6.61 Å². The largest absolute Gasteiger partial charge is 0.494 e. The second-order valence-electron chi connectivity index (χ2n) is 8.10. The van der Waals surface area contributed by atoms with Gasteiger partial charge in [-0.2, -0.15) is 0 Å². The first-order valence-corrected chi connectivity index (χ1v) is 10.8. The van der Waals surface area contributed by atoms with E-state index < -0.39 is 0 Å². The summed E-state index contributed by atoms with van der Waals surface area (Å²) in [5.74, 6) is 1.58. The summed E-state index contributed by atoms with van der Waals surface area (Å²) in [6, 6.07) is 7.93. The van der Waals surface area contributed by atoms with E-state index in [0.29, 0.717) is 24.1 Å². The maximum absolute atomic E-state index is 7.50. The Bertz CT molecular complexity index is 777. The highest BCUT2D eigenvalue weighted by atomic mass is 16.5. The molecule has 1 heterocycles. The number of allylic oxidation sites excluding steroid dienone is 1. The number of likely N-dealkylation sites (tertiary alicyclic amines) is 1. The van der Waals surface area contributed by atoms with Gasteiger partial charge in [-0.25, -0.2) is 0 Å². The van der Waals surface area contributed by atoms with Crippen LogP contribution in [0.4, 0.5) is 0 Å². The summed E-state index contributed by atoms with van der Waals surface area (Å²) in [6.45, 7) is 4.98. The fourth-order valence-corrected chi connectivity index (χ4v) is 3.95. The van der Waals surface area contributed by atoms with Gasteiger partial charge in [0, 0.05) is 23.7 Å². The Balaban J connectivity index is 1.25. The fourth-order valence-electron chi connectivity index (χ4n) is 3.95. The normalized spacial score (nSPS) is 20.0. The second kappa shape index (κ2) is 10.9. The minimum absolute atomic E-state index is 0.0750. The number of nitrogens with one attached hydrogen (secondary N) is 3. The van der Waals surface area contributed by atoms with Crippen LogP contribution in [0.1, 0.15) is 31.2 Å². The Morgan fingerprint density at radius 1 is 1.10 bits per heavy atom. The molecule has 7 nitrogen and oxygen atoms in total. The third-order valence-corrected chi connectivity index (χ3v) is 5.77. The molecule has 1 atom stereocenters. The number of amidine groups is 2. The van der Waals surface area contributed by atoms with Crippen molar-refractivity contribution < 1.29 is 4.74 Å². The summed E-state index contributed by atoms with van der Waals surface area (Å²) in [5, 5.41) is 18.6. The Morgan fingerprint density at radius 2 is 1.83 bits per heavy atom. The number of nitrogens with two attached hydrogens (primary N) is 2. The number of nitrogens with zero attached hydrogens (tertiary/aromatic N) is 1. The van der Waals surface area contributed by atoms with Gasteiger partial charge >= 0.3 is 0 Å². The van der Waals surface area contributed by atoms with E-state index in [4.69, 9.17) is 27.0 Å². The molecule has 0 radical (unpaired) electrons. The van der Waals surface area contributed by atoms with Gasteiger partial charge in [0.25, 0.3) is 0 Å². The van der Waals surface area contributed by atoms with Crippen molar-refractivity contribution in [2.75, 3.05) is 32.8 Å². The molecule has 0 saturated carbocycles. The quantitative estimate of drug-likeness (QED) is 0.230. The van der Waals surface area contributed by atoms with Crippen LogP contribution in [0.3, 0.4) is 0 Å². The van der Waals surface area contributed by atoms with E-state index >= 15 is 0 Å². The summed E-state index contributed by atoms with van der Waals surface area (Å²) in [7, 11) is 0. The van der Waals surface area contributed by atoms with Crippen molar-refractivity contribution in [1.29, 1.82) is 10.8 Å². The lowest BCUT2D eigenvalue weighted by Gasteiger charge is -2.34. The topological polar surface area (TPSA) is 124 Å². The Labute approximate surface area is 179 Å². The van der Waals surface area contributed by atoms with Gasteiger partial charge in [-0.1, -0.05) is 18.2 Å². The third kappa shape index (κ3) is 6.71. The molecule has 1 aliphatic heterocycles. The van der Waals surface area contributed by atoms with E-state index in [1.54, 1.807) is 0 Å². The zero-order chi connectivity index (χ0) is 21.3. The lowest BCUT2D eigenvalue weighted by molar-refractivity contribution is 0.181. The average molecular weight is 411 g/mol. The monoisotopic (exact) mass is 410 g/mol. The first-order chi connectivity index (χ1) is 14.5. The molecule has 2 aliphatic rings. The molecule has 7 N–H and O–H groups in total. The Kier molecular flexibility index (Phi) is 8.04. The van der Waals surface area contributed by atoms with E-state index in [-0.39, 0.29) is 11.7 Å². The SMILES string of the molecule is N=C(N)C1=CCC(CN2CCC(NCCCOc3ccc(C(=N)N)cc3)CC2)C=C1. The molecule has 1 aromatic rings. The van der Waals surface area contributed by atoms with Crippen LogP contribution in [0.25, 0.3) is 0 Å². The number of nitrogen functional groups attached to an aromatic ring is 1. The van der Waals surface area contributed by atoms with Gasteiger partial charge in [0.15, 0.2) is 0 Å². The average Bonchev–Trinajstić information content (AvgIpc) is 2.75. The number of hydrogen-bond donors (Lipinski definition) is 5. The smallest absolute Gasteiger partial charge is 0.122 e. The number of hydrogen-bond acceptors (Lipinski definition) is 5. The van der Waals surface area contributed by atoms with E-state index in [2.05, 4.69) is 22.4 Å². The van der Waals surface area contributed by atoms with Crippen LogP contribution in [-0.2, 0) is 0 Å². The minimum atomic E-state index is 0.0750. The van der Waals surface area contributed by atoms with Gasteiger partial charge in [-0.15, -0.1) is 0 Å². The number of benzene rings is 1. The molecule has 1 fully saturated rings. The van der Waals surface area contributed by atoms with Gasteiger partial charge in [-0.3, -0.25) is 10.8 Å². The van der Waals surface area contributed by atoms with Crippen LogP contribution in [0.5, 0.6) is 5.75 Å². The molecular weight excluding hydrogens is 376 g/mol. The summed E-state index contributed by atoms with van der Waals surface area (Å²) < 4.78 is 5.76. The molecule has 7 heteroatoms. The van der Waals surface area contributed by atoms with Crippen molar-refractivity contribution in [1.82, 2.24) is 10.2 Å². The standard InChI is InChI=1S/C23H34N6O/c24-22(25)18-4-2-17(3-5-18)16-29-13-10-20(11-14-29)28-12-1-15-30-21-8-6-19(7-9-21)23(26)27/h2,4-9,17,20,28H,1,3,10-16H2,(H3,24,25)(H3,26,27). The molecule has 162 valence electrons. The Hall–Kier alpha value is -2.64. The van der Waals surface area contributed by atoms with Crippen LogP contribution in [0, 0.1) is 16.7 Å². The summed E-state index contributed by atoms with van der Waals surface area (Å²) in [5.41, 5.74) is 12.6. The van der Waals surface area contributed by atoms with E-state index in [1.165, 1.54) is 12.8 Å². The predicted octanol–water partition coefficient (Wildman–Crippen LogP) is 2.23. The zero-order valence-corrected chi connectivity index (χ0v) is 17.6. The van der Waals surface area contributed by atoms with Gasteiger partial charge in [0.1, 0.15) is 17.4 Å². The van der Waals surface area contributed by atoms with Crippen molar-refractivity contribution in [3.63, 3.8) is 0 Å². The van der Waals surface area contributed by atoms with Crippen LogP contribution in [-0.4, -0.2) is 55.4 Å². The second-order valence-corrected chi connectivity index (χ2v) is 8.10. The highest BCUT2D eigenvalue weighted by Gasteiger charge is 2.21. The van der Waals surface area contributed by atoms with E-state index in [0.717, 1.165) is 50.3 Å². The highest BCUT2D eigenvalue weighted by molar-refractivity contribution is 5.97. The fraction of sp³-hybridized carbons (Fsp3) is 0.478. The van der Waals surface area contributed by atoms with Gasteiger partial charge < -0.3 is 26.4 Å². The first kappa shape index (κ1) is 22.1. The minimum Gasteiger partial charge on any atom is -0.494 e. The van der Waals surface area contributed by atoms with Crippen LogP contribution >= 0.6 is 0 Å². The molecule has 1 saturated heterocycles. The molecule has 1 unspecified atom stereocenters. The molecule has 30 heavy (non-hydrogen) atoms. The predicted molar refractivity (Wildman–Crippen MR) is 122 cm³/mol. The molecular formula is C23H34N6O. The molecule has 1 aromatic carbocycles. The molecule has 0 amide bonds. The highest BCUT2D eigenvalue weighted by Crippen LogP contribution is 2.20. The lowest BCUT2D eigenvalue weighted by atomic mass is 9.94. The number of rotatable bonds is 10. The van der Waals surface area contributed by atoms with Crippen molar-refractivity contribution >= 4 is 11.7 Å². The number of ether oxygens (including phenoxy) is 1. The van der Waals surface area contributed by atoms with E-state index in [9.17, 15) is 0 Å². The molecule has 0 bridgehead atoms. The van der Waals surface area contributed by atoms with Crippen molar-refractivity contribution in [2.24, 2.45) is 17.4 Å². The molecule has 0 spiro atoms. The lowest BCUT2D eigenvalue weighted by Crippen LogP contribution is -2.44. The van der Waals surface area contributed by atoms with Crippen LogP contribution in [0.15, 0.2) is 48.1 Å². The summed E-state index contributed by atoms with van der Waals surface area (Å²) >= 11 is 0. The zero-order valence-electron chi connectivity index (χ0n) is 17.6. The maximum atomic E-state index is 7.50. The summed E-state index contributed by atoms with van der Waals surface area (Å²) in [6.07, 6.45) is 10.6. The third-order valence-electron chi connectivity index (χ3n) is 5.77. The van der Waals surface area contributed by atoms with Crippen LogP contribution in [0.2, 0.25) is 0 Å². The van der Waals surface area contributed by atoms with Gasteiger partial charge in [0.2, 0.25) is 0 Å². The first-order valence-electron chi connectivity index (χ1n) is 10.8. The summed E-state index contributed by atoms with van der Waals surface area (Å²) in [4.78, 5) is 2.55. The number of piperidine rings is 1. The van der Waals surface area contributed by atoms with Crippen LogP contribution < -0.4 is 21.5 Å². The van der Waals surface area contributed by atoms with Gasteiger partial charge in [-0.05, 0) is 75.5 Å². The maximum Gasteiger partial charge on any atom is 0.122 e. The van der Waals surface area contributed by atoms with Crippen molar-refractivity contribution in [3.8, 4) is 5.75 Å². The van der Waals surface area contributed by atoms with Crippen molar-refractivity contribution in [3.05, 3.63) is 53.6 Å². The molecule has 1 aliphatic carbocycles. The molecule has 3 rings (SSSR count). The van der Waals surface area contributed by atoms with E-state index in [1.807, 2.05) is 30.3 Å².